The average Bonchev–Trinajstić information content (AvgIpc) is 3.32. The number of piperazine rings is 1. The lowest BCUT2D eigenvalue weighted by molar-refractivity contribution is -0.139. The Morgan fingerprint density at radius 3 is 2.23 bits per heavy atom. The maximum absolute atomic E-state index is 13.3. The van der Waals surface area contributed by atoms with E-state index in [1.807, 2.05) is 0 Å². The van der Waals surface area contributed by atoms with Gasteiger partial charge in [-0.1, -0.05) is 24.6 Å². The van der Waals surface area contributed by atoms with Crippen LogP contribution in [0.25, 0.3) is 0 Å². The fourth-order valence-electron chi connectivity index (χ4n) is 3.20. The molecular weight excluding hydrogens is 462 g/mol. The minimum absolute atomic E-state index is 0.0246. The van der Waals surface area contributed by atoms with Crippen LogP contribution in [-0.2, 0) is 19.4 Å². The molecule has 0 spiro atoms. The SMILES string of the molecule is CCC(=O)N1CCN(C(=O)C(NC(=O)c2cccs2)S(=O)(=O)c2ccc(Cl)cc2)CC1. The molecule has 166 valence electrons. The molecule has 0 radical (unpaired) electrons. The molecule has 3 amide bonds. The summed E-state index contributed by atoms with van der Waals surface area (Å²) in [5.74, 6) is -1.41. The van der Waals surface area contributed by atoms with Crippen LogP contribution in [0.5, 0.6) is 0 Å². The zero-order valence-electron chi connectivity index (χ0n) is 16.8. The van der Waals surface area contributed by atoms with Crippen LogP contribution in [0.4, 0.5) is 0 Å². The van der Waals surface area contributed by atoms with Gasteiger partial charge in [-0.2, -0.15) is 0 Å². The van der Waals surface area contributed by atoms with Gasteiger partial charge in [-0.05, 0) is 35.7 Å². The number of carbonyl (C=O) groups excluding carboxylic acids is 3. The summed E-state index contributed by atoms with van der Waals surface area (Å²) in [6.07, 6.45) is 0.360. The van der Waals surface area contributed by atoms with Crippen LogP contribution < -0.4 is 5.32 Å². The number of carbonyl (C=O) groups is 3. The number of sulfone groups is 1. The van der Waals surface area contributed by atoms with Gasteiger partial charge in [0.05, 0.1) is 9.77 Å². The third-order valence-corrected chi connectivity index (χ3v) is 7.92. The van der Waals surface area contributed by atoms with Gasteiger partial charge < -0.3 is 15.1 Å². The molecule has 1 aromatic heterocycles. The van der Waals surface area contributed by atoms with Crippen molar-refractivity contribution in [1.82, 2.24) is 15.1 Å². The highest BCUT2D eigenvalue weighted by molar-refractivity contribution is 7.92. The van der Waals surface area contributed by atoms with Crippen LogP contribution in [0, 0.1) is 0 Å². The number of benzene rings is 1. The second-order valence-electron chi connectivity index (χ2n) is 6.89. The molecular formula is C20H22ClN3O5S2. The van der Waals surface area contributed by atoms with Gasteiger partial charge in [0.1, 0.15) is 0 Å². The Bertz CT molecular complexity index is 1050. The van der Waals surface area contributed by atoms with E-state index in [2.05, 4.69) is 5.32 Å². The van der Waals surface area contributed by atoms with E-state index in [1.54, 1.807) is 29.3 Å². The van der Waals surface area contributed by atoms with Crippen molar-refractivity contribution in [2.45, 2.75) is 23.6 Å². The van der Waals surface area contributed by atoms with Gasteiger partial charge >= 0.3 is 0 Å². The van der Waals surface area contributed by atoms with E-state index in [0.29, 0.717) is 29.4 Å². The van der Waals surface area contributed by atoms with E-state index in [9.17, 15) is 22.8 Å². The second kappa shape index (κ2) is 9.80. The predicted molar refractivity (Wildman–Crippen MR) is 118 cm³/mol. The molecule has 1 aromatic carbocycles. The average molecular weight is 484 g/mol. The number of hydrogen-bond acceptors (Lipinski definition) is 6. The summed E-state index contributed by atoms with van der Waals surface area (Å²) in [6, 6.07) is 8.62. The molecule has 1 fully saturated rings. The summed E-state index contributed by atoms with van der Waals surface area (Å²) in [5, 5.41) is 2.63. The molecule has 31 heavy (non-hydrogen) atoms. The molecule has 1 aliphatic rings. The summed E-state index contributed by atoms with van der Waals surface area (Å²) in [5.41, 5.74) is 0. The fourth-order valence-corrected chi connectivity index (χ4v) is 5.41. The lowest BCUT2D eigenvalue weighted by atomic mass is 10.2. The Labute approximate surface area is 189 Å². The summed E-state index contributed by atoms with van der Waals surface area (Å²) in [4.78, 5) is 40.9. The highest BCUT2D eigenvalue weighted by Crippen LogP contribution is 2.21. The van der Waals surface area contributed by atoms with Crippen molar-refractivity contribution in [1.29, 1.82) is 0 Å². The smallest absolute Gasteiger partial charge is 0.262 e. The van der Waals surface area contributed by atoms with Crippen molar-refractivity contribution in [2.75, 3.05) is 26.2 Å². The van der Waals surface area contributed by atoms with Crippen molar-refractivity contribution in [3.63, 3.8) is 0 Å². The fraction of sp³-hybridized carbons (Fsp3) is 0.350. The Kier molecular flexibility index (Phi) is 7.34. The summed E-state index contributed by atoms with van der Waals surface area (Å²) in [7, 11) is -4.24. The van der Waals surface area contributed by atoms with Gasteiger partial charge in [0, 0.05) is 37.6 Å². The number of nitrogens with one attached hydrogen (secondary N) is 1. The molecule has 11 heteroatoms. The topological polar surface area (TPSA) is 104 Å². The molecule has 0 bridgehead atoms. The molecule has 1 N–H and O–H groups in total. The van der Waals surface area contributed by atoms with Crippen molar-refractivity contribution in [3.8, 4) is 0 Å². The van der Waals surface area contributed by atoms with E-state index in [4.69, 9.17) is 11.6 Å². The molecule has 3 rings (SSSR count). The van der Waals surface area contributed by atoms with Crippen LogP contribution >= 0.6 is 22.9 Å². The first-order valence-corrected chi connectivity index (χ1v) is 12.4. The first kappa shape index (κ1) is 23.2. The monoisotopic (exact) mass is 483 g/mol. The van der Waals surface area contributed by atoms with E-state index < -0.39 is 27.0 Å². The van der Waals surface area contributed by atoms with Crippen LogP contribution in [0.3, 0.4) is 0 Å². The molecule has 1 saturated heterocycles. The number of nitrogens with zero attached hydrogens (tertiary/aromatic N) is 2. The Balaban J connectivity index is 1.86. The first-order valence-electron chi connectivity index (χ1n) is 9.64. The lowest BCUT2D eigenvalue weighted by Gasteiger charge is -2.36. The summed E-state index contributed by atoms with van der Waals surface area (Å²) in [6.45, 7) is 2.75. The van der Waals surface area contributed by atoms with E-state index >= 15 is 0 Å². The van der Waals surface area contributed by atoms with E-state index in [1.165, 1.54) is 29.2 Å². The number of rotatable bonds is 6. The highest BCUT2D eigenvalue weighted by Gasteiger charge is 2.39. The molecule has 2 aromatic rings. The van der Waals surface area contributed by atoms with Crippen LogP contribution in [0.15, 0.2) is 46.7 Å². The van der Waals surface area contributed by atoms with Gasteiger partial charge in [0.15, 0.2) is 0 Å². The maximum Gasteiger partial charge on any atom is 0.262 e. The molecule has 0 saturated carbocycles. The van der Waals surface area contributed by atoms with Crippen molar-refractivity contribution >= 4 is 50.5 Å². The van der Waals surface area contributed by atoms with Crippen LogP contribution in [-0.4, -0.2) is 67.5 Å². The van der Waals surface area contributed by atoms with Gasteiger partial charge in [-0.25, -0.2) is 8.42 Å². The van der Waals surface area contributed by atoms with Crippen molar-refractivity contribution < 1.29 is 22.8 Å². The second-order valence-corrected chi connectivity index (χ2v) is 10.3. The molecule has 2 heterocycles. The standard InChI is InChI=1S/C20H22ClN3O5S2/c1-2-17(25)23-9-11-24(12-10-23)20(27)19(22-18(26)16-4-3-13-30-16)31(28,29)15-7-5-14(21)6-8-15/h3-8,13,19H,2,9-12H2,1H3,(H,22,26). The minimum atomic E-state index is -4.24. The lowest BCUT2D eigenvalue weighted by Crippen LogP contribution is -2.57. The highest BCUT2D eigenvalue weighted by atomic mass is 35.5. The van der Waals surface area contributed by atoms with Crippen molar-refractivity contribution in [3.05, 3.63) is 51.7 Å². The van der Waals surface area contributed by atoms with Gasteiger partial charge in [-0.15, -0.1) is 11.3 Å². The van der Waals surface area contributed by atoms with E-state index in [-0.39, 0.29) is 23.9 Å². The maximum atomic E-state index is 13.3. The predicted octanol–water partition coefficient (Wildman–Crippen LogP) is 2.01. The van der Waals surface area contributed by atoms with Gasteiger partial charge in [-0.3, -0.25) is 14.4 Å². The number of hydrogen-bond donors (Lipinski definition) is 1. The summed E-state index contributed by atoms with van der Waals surface area (Å²) >= 11 is 7.00. The normalized spacial score (nSPS) is 15.4. The van der Waals surface area contributed by atoms with Crippen LogP contribution in [0.1, 0.15) is 23.0 Å². The summed E-state index contributed by atoms with van der Waals surface area (Å²) < 4.78 is 26.6. The third kappa shape index (κ3) is 5.25. The Morgan fingerprint density at radius 2 is 1.68 bits per heavy atom. The quantitative estimate of drug-likeness (QED) is 0.676. The van der Waals surface area contributed by atoms with E-state index in [0.717, 1.165) is 11.3 Å². The zero-order chi connectivity index (χ0) is 22.6. The first-order chi connectivity index (χ1) is 14.7. The molecule has 1 aliphatic heterocycles. The van der Waals surface area contributed by atoms with Gasteiger partial charge in [0.2, 0.25) is 21.1 Å². The molecule has 0 aliphatic carbocycles. The van der Waals surface area contributed by atoms with Gasteiger partial charge in [0.25, 0.3) is 11.8 Å². The number of amides is 3. The minimum Gasteiger partial charge on any atom is -0.339 e. The Morgan fingerprint density at radius 1 is 1.06 bits per heavy atom. The van der Waals surface area contributed by atoms with Crippen LogP contribution in [0.2, 0.25) is 5.02 Å². The molecule has 1 unspecified atom stereocenters. The zero-order valence-corrected chi connectivity index (χ0v) is 19.2. The molecule has 8 nitrogen and oxygen atoms in total. The third-order valence-electron chi connectivity index (χ3n) is 4.93. The number of halogens is 1. The largest absolute Gasteiger partial charge is 0.339 e. The molecule has 1 atom stereocenters. The number of thiophene rings is 1. The Hall–Kier alpha value is -2.43. The van der Waals surface area contributed by atoms with Crippen molar-refractivity contribution in [2.24, 2.45) is 0 Å².